The molecule has 21 heavy (non-hydrogen) atoms. The molecular weight excluding hydrogens is 312 g/mol. The number of rotatable bonds is 4. The zero-order valence-electron chi connectivity index (χ0n) is 11.2. The SMILES string of the molecule is FC(F)Sc1ccccc1NC1CCc2cc(Cl)ccc21. The Morgan fingerprint density at radius 2 is 2.00 bits per heavy atom. The van der Waals surface area contributed by atoms with Gasteiger partial charge in [-0.05, 0) is 48.2 Å². The number of halogens is 3. The van der Waals surface area contributed by atoms with Crippen LogP contribution in [0, 0.1) is 0 Å². The van der Waals surface area contributed by atoms with Gasteiger partial charge in [0.2, 0.25) is 0 Å². The van der Waals surface area contributed by atoms with Gasteiger partial charge in [0.15, 0.2) is 0 Å². The molecule has 0 radical (unpaired) electrons. The minimum absolute atomic E-state index is 0.150. The molecule has 0 bridgehead atoms. The average Bonchev–Trinajstić information content (AvgIpc) is 2.83. The van der Waals surface area contributed by atoms with E-state index in [9.17, 15) is 8.78 Å². The minimum Gasteiger partial charge on any atom is -0.377 e. The van der Waals surface area contributed by atoms with E-state index in [2.05, 4.69) is 5.32 Å². The average molecular weight is 326 g/mol. The van der Waals surface area contributed by atoms with Crippen molar-refractivity contribution in [2.24, 2.45) is 0 Å². The van der Waals surface area contributed by atoms with Crippen LogP contribution in [-0.2, 0) is 6.42 Å². The quantitative estimate of drug-likeness (QED) is 0.718. The van der Waals surface area contributed by atoms with Gasteiger partial charge in [0.05, 0.1) is 6.04 Å². The van der Waals surface area contributed by atoms with Crippen molar-refractivity contribution in [3.05, 3.63) is 58.6 Å². The summed E-state index contributed by atoms with van der Waals surface area (Å²) in [5.41, 5.74) is 3.20. The summed E-state index contributed by atoms with van der Waals surface area (Å²) in [5.74, 6) is -2.41. The Labute approximate surface area is 131 Å². The van der Waals surface area contributed by atoms with Crippen LogP contribution in [0.2, 0.25) is 5.02 Å². The Morgan fingerprint density at radius 3 is 2.81 bits per heavy atom. The maximum Gasteiger partial charge on any atom is 0.288 e. The van der Waals surface area contributed by atoms with E-state index in [4.69, 9.17) is 11.6 Å². The van der Waals surface area contributed by atoms with E-state index in [0.29, 0.717) is 16.7 Å². The van der Waals surface area contributed by atoms with Crippen LogP contribution in [0.25, 0.3) is 0 Å². The summed E-state index contributed by atoms with van der Waals surface area (Å²) in [7, 11) is 0. The zero-order chi connectivity index (χ0) is 14.8. The van der Waals surface area contributed by atoms with Crippen molar-refractivity contribution in [1.29, 1.82) is 0 Å². The summed E-state index contributed by atoms with van der Waals surface area (Å²) in [6, 6.07) is 13.2. The Bertz CT molecular complexity index is 648. The maximum absolute atomic E-state index is 12.6. The first-order chi connectivity index (χ1) is 10.1. The highest BCUT2D eigenvalue weighted by Crippen LogP contribution is 2.38. The van der Waals surface area contributed by atoms with Gasteiger partial charge in [0.1, 0.15) is 0 Å². The first kappa shape index (κ1) is 14.7. The van der Waals surface area contributed by atoms with Crippen molar-refractivity contribution in [2.75, 3.05) is 5.32 Å². The van der Waals surface area contributed by atoms with E-state index in [0.717, 1.165) is 23.6 Å². The second-order valence-electron chi connectivity index (χ2n) is 4.95. The third-order valence-corrected chi connectivity index (χ3v) is 4.64. The van der Waals surface area contributed by atoms with Crippen LogP contribution < -0.4 is 5.32 Å². The van der Waals surface area contributed by atoms with Crippen LogP contribution in [0.15, 0.2) is 47.4 Å². The lowest BCUT2D eigenvalue weighted by atomic mass is 10.1. The fraction of sp³-hybridized carbons (Fsp3) is 0.250. The van der Waals surface area contributed by atoms with E-state index < -0.39 is 5.76 Å². The molecule has 2 aromatic rings. The Balaban J connectivity index is 1.83. The van der Waals surface area contributed by atoms with Crippen LogP contribution >= 0.6 is 23.4 Å². The molecule has 110 valence electrons. The summed E-state index contributed by atoms with van der Waals surface area (Å²) >= 11 is 6.58. The van der Waals surface area contributed by atoms with Gasteiger partial charge >= 0.3 is 0 Å². The molecule has 1 atom stereocenters. The molecule has 1 aliphatic carbocycles. The molecule has 0 amide bonds. The lowest BCUT2D eigenvalue weighted by Gasteiger charge is -2.18. The van der Waals surface area contributed by atoms with Gasteiger partial charge in [-0.3, -0.25) is 0 Å². The summed E-state index contributed by atoms with van der Waals surface area (Å²) in [6.45, 7) is 0. The number of nitrogens with one attached hydrogen (secondary N) is 1. The highest BCUT2D eigenvalue weighted by atomic mass is 35.5. The van der Waals surface area contributed by atoms with Gasteiger partial charge in [-0.2, -0.15) is 8.78 Å². The van der Waals surface area contributed by atoms with Gasteiger partial charge in [0, 0.05) is 15.6 Å². The summed E-state index contributed by atoms with van der Waals surface area (Å²) < 4.78 is 25.2. The monoisotopic (exact) mass is 325 g/mol. The molecule has 5 heteroatoms. The first-order valence-corrected chi connectivity index (χ1v) is 7.98. The predicted molar refractivity (Wildman–Crippen MR) is 84.4 cm³/mol. The molecule has 3 rings (SSSR count). The molecule has 1 aliphatic rings. The summed E-state index contributed by atoms with van der Waals surface area (Å²) in [6.07, 6.45) is 1.90. The van der Waals surface area contributed by atoms with E-state index in [1.807, 2.05) is 30.3 Å². The number of thioether (sulfide) groups is 1. The van der Waals surface area contributed by atoms with Crippen molar-refractivity contribution in [2.45, 2.75) is 29.5 Å². The zero-order valence-corrected chi connectivity index (χ0v) is 12.7. The molecule has 0 heterocycles. The lowest BCUT2D eigenvalue weighted by molar-refractivity contribution is 0.252. The number of hydrogen-bond donors (Lipinski definition) is 1. The number of fused-ring (bicyclic) bond motifs is 1. The molecule has 1 nitrogen and oxygen atoms in total. The number of benzene rings is 2. The van der Waals surface area contributed by atoms with Crippen molar-refractivity contribution >= 4 is 29.1 Å². The molecular formula is C16H14ClF2NS. The maximum atomic E-state index is 12.6. The van der Waals surface area contributed by atoms with Crippen molar-refractivity contribution < 1.29 is 8.78 Å². The molecule has 0 saturated heterocycles. The fourth-order valence-corrected chi connectivity index (χ4v) is 3.51. The molecule has 0 saturated carbocycles. The topological polar surface area (TPSA) is 12.0 Å². The smallest absolute Gasteiger partial charge is 0.288 e. The Kier molecular flexibility index (Phi) is 4.36. The second-order valence-corrected chi connectivity index (χ2v) is 6.42. The highest BCUT2D eigenvalue weighted by molar-refractivity contribution is 7.99. The molecule has 1 N–H and O–H groups in total. The Morgan fingerprint density at radius 1 is 1.19 bits per heavy atom. The predicted octanol–water partition coefficient (Wildman–Crippen LogP) is 5.75. The first-order valence-electron chi connectivity index (χ1n) is 6.72. The fourth-order valence-electron chi connectivity index (χ4n) is 2.71. The second kappa shape index (κ2) is 6.24. The van der Waals surface area contributed by atoms with Gasteiger partial charge < -0.3 is 5.32 Å². The van der Waals surface area contributed by atoms with Crippen molar-refractivity contribution in [1.82, 2.24) is 0 Å². The van der Waals surface area contributed by atoms with Gasteiger partial charge in [-0.1, -0.05) is 41.6 Å². The number of anilines is 1. The van der Waals surface area contributed by atoms with E-state index in [1.165, 1.54) is 11.1 Å². The Hall–Kier alpha value is -1.26. The van der Waals surface area contributed by atoms with Gasteiger partial charge in [-0.25, -0.2) is 0 Å². The highest BCUT2D eigenvalue weighted by Gasteiger charge is 2.23. The van der Waals surface area contributed by atoms with Crippen LogP contribution in [0.4, 0.5) is 14.5 Å². The lowest BCUT2D eigenvalue weighted by Crippen LogP contribution is -2.08. The van der Waals surface area contributed by atoms with Crippen molar-refractivity contribution in [3.8, 4) is 0 Å². The van der Waals surface area contributed by atoms with Gasteiger partial charge in [0.25, 0.3) is 5.76 Å². The van der Waals surface area contributed by atoms with E-state index >= 15 is 0 Å². The third-order valence-electron chi connectivity index (χ3n) is 3.62. The largest absolute Gasteiger partial charge is 0.377 e. The minimum atomic E-state index is -2.41. The van der Waals surface area contributed by atoms with Crippen LogP contribution in [0.3, 0.4) is 0 Å². The molecule has 0 aromatic heterocycles. The molecule has 0 spiro atoms. The number of hydrogen-bond acceptors (Lipinski definition) is 2. The van der Waals surface area contributed by atoms with Crippen LogP contribution in [0.1, 0.15) is 23.6 Å². The van der Waals surface area contributed by atoms with E-state index in [-0.39, 0.29) is 6.04 Å². The van der Waals surface area contributed by atoms with E-state index in [1.54, 1.807) is 12.1 Å². The molecule has 1 unspecified atom stereocenters. The summed E-state index contributed by atoms with van der Waals surface area (Å²) in [4.78, 5) is 0.579. The van der Waals surface area contributed by atoms with Crippen LogP contribution in [-0.4, -0.2) is 5.76 Å². The number of para-hydroxylation sites is 1. The molecule has 0 fully saturated rings. The number of aryl methyl sites for hydroxylation is 1. The van der Waals surface area contributed by atoms with Gasteiger partial charge in [-0.15, -0.1) is 0 Å². The molecule has 2 aromatic carbocycles. The normalized spacial score (nSPS) is 17.0. The molecule has 0 aliphatic heterocycles. The third kappa shape index (κ3) is 3.33. The summed E-state index contributed by atoms with van der Waals surface area (Å²) in [5, 5.41) is 4.13. The number of alkyl halides is 2. The van der Waals surface area contributed by atoms with Crippen molar-refractivity contribution in [3.63, 3.8) is 0 Å². The van der Waals surface area contributed by atoms with Crippen LogP contribution in [0.5, 0.6) is 0 Å². The standard InChI is InChI=1S/C16H14ClF2NS/c17-11-6-7-12-10(9-11)5-8-13(12)20-14-3-1-2-4-15(14)21-16(18)19/h1-4,6-7,9,13,16,20H,5,8H2.